The molecule has 0 aliphatic rings. The van der Waals surface area contributed by atoms with Crippen LogP contribution in [0.5, 0.6) is 0 Å². The third kappa shape index (κ3) is 2.27. The fourth-order valence-electron chi connectivity index (χ4n) is 1.93. The number of fused-ring (bicyclic) bond motifs is 1. The Morgan fingerprint density at radius 1 is 1.16 bits per heavy atom. The molecule has 2 N–H and O–H groups in total. The molecule has 96 valence electrons. The number of nitrogens with zero attached hydrogens (tertiary/aromatic N) is 1. The van der Waals surface area contributed by atoms with E-state index < -0.39 is 11.6 Å². The average molecular weight is 259 g/mol. The predicted molar refractivity (Wildman–Crippen MR) is 69.8 cm³/mol. The van der Waals surface area contributed by atoms with E-state index in [0.29, 0.717) is 5.56 Å². The zero-order valence-corrected chi connectivity index (χ0v) is 9.95. The summed E-state index contributed by atoms with van der Waals surface area (Å²) < 4.78 is 26.5. The third-order valence-electron chi connectivity index (χ3n) is 2.95. The Kier molecular flexibility index (Phi) is 2.87. The molecule has 0 amide bonds. The van der Waals surface area contributed by atoms with Gasteiger partial charge in [0.2, 0.25) is 0 Å². The molecule has 3 nitrogen and oxygen atoms in total. The molecule has 0 saturated heterocycles. The Labute approximate surface area is 108 Å². The first-order valence-corrected chi connectivity index (χ1v) is 5.84. The number of hydrogen-bond donors (Lipinski definition) is 2. The zero-order valence-electron chi connectivity index (χ0n) is 9.95. The van der Waals surface area contributed by atoms with Crippen molar-refractivity contribution < 1.29 is 8.78 Å². The second-order valence-electron chi connectivity index (χ2n) is 4.24. The molecule has 0 fully saturated rings. The van der Waals surface area contributed by atoms with Crippen LogP contribution in [0.4, 0.5) is 14.5 Å². The lowest BCUT2D eigenvalue weighted by Crippen LogP contribution is -2.03. The summed E-state index contributed by atoms with van der Waals surface area (Å²) in [6, 6.07) is 9.80. The zero-order chi connectivity index (χ0) is 13.2. The smallest absolute Gasteiger partial charge is 0.163 e. The standard InChI is InChI=1S/C14H11F2N3/c15-12-3-1-2-9(14(12)16)7-17-11-4-5-13-10(6-11)8-18-19-13/h1-6,8,17H,7H2,(H,18,19). The number of aromatic nitrogens is 2. The Hall–Kier alpha value is -2.43. The summed E-state index contributed by atoms with van der Waals surface area (Å²) in [5, 5.41) is 10.8. The van der Waals surface area contributed by atoms with Crippen molar-refractivity contribution in [1.82, 2.24) is 10.2 Å². The van der Waals surface area contributed by atoms with Crippen LogP contribution in [0.25, 0.3) is 10.9 Å². The largest absolute Gasteiger partial charge is 0.381 e. The number of nitrogens with one attached hydrogen (secondary N) is 2. The van der Waals surface area contributed by atoms with E-state index in [1.807, 2.05) is 18.2 Å². The maximum Gasteiger partial charge on any atom is 0.163 e. The lowest BCUT2D eigenvalue weighted by molar-refractivity contribution is 0.500. The number of H-pyrrole nitrogens is 1. The number of aromatic amines is 1. The van der Waals surface area contributed by atoms with Gasteiger partial charge in [0.15, 0.2) is 11.6 Å². The van der Waals surface area contributed by atoms with Crippen molar-refractivity contribution in [2.75, 3.05) is 5.32 Å². The van der Waals surface area contributed by atoms with Crippen LogP contribution in [-0.4, -0.2) is 10.2 Å². The fraction of sp³-hybridized carbons (Fsp3) is 0.0714. The summed E-state index contributed by atoms with van der Waals surface area (Å²) in [6.45, 7) is 0.229. The van der Waals surface area contributed by atoms with Crippen molar-refractivity contribution >= 4 is 16.6 Å². The van der Waals surface area contributed by atoms with Gasteiger partial charge in [0, 0.05) is 23.2 Å². The second-order valence-corrected chi connectivity index (χ2v) is 4.24. The second kappa shape index (κ2) is 4.68. The highest BCUT2D eigenvalue weighted by Gasteiger charge is 2.07. The van der Waals surface area contributed by atoms with Crippen LogP contribution in [0.2, 0.25) is 0 Å². The van der Waals surface area contributed by atoms with Crippen LogP contribution in [0.3, 0.4) is 0 Å². The minimum Gasteiger partial charge on any atom is -0.381 e. The lowest BCUT2D eigenvalue weighted by Gasteiger charge is -2.07. The first-order chi connectivity index (χ1) is 9.24. The summed E-state index contributed by atoms with van der Waals surface area (Å²) in [4.78, 5) is 0. The molecule has 0 atom stereocenters. The van der Waals surface area contributed by atoms with Crippen molar-refractivity contribution in [1.29, 1.82) is 0 Å². The molecule has 0 aliphatic heterocycles. The van der Waals surface area contributed by atoms with Crippen LogP contribution < -0.4 is 5.32 Å². The van der Waals surface area contributed by atoms with E-state index in [4.69, 9.17) is 0 Å². The molecule has 0 aliphatic carbocycles. The van der Waals surface area contributed by atoms with Crippen LogP contribution >= 0.6 is 0 Å². The van der Waals surface area contributed by atoms with E-state index in [9.17, 15) is 8.78 Å². The number of anilines is 1. The van der Waals surface area contributed by atoms with Gasteiger partial charge in [-0.15, -0.1) is 0 Å². The molecule has 0 radical (unpaired) electrons. The maximum atomic E-state index is 13.5. The molecular formula is C14H11F2N3. The van der Waals surface area contributed by atoms with E-state index in [1.54, 1.807) is 12.3 Å². The molecule has 0 spiro atoms. The van der Waals surface area contributed by atoms with Gasteiger partial charge in [-0.3, -0.25) is 5.10 Å². The van der Waals surface area contributed by atoms with Crippen LogP contribution in [0.15, 0.2) is 42.6 Å². The molecule has 3 aromatic rings. The van der Waals surface area contributed by atoms with Crippen molar-refractivity contribution in [2.24, 2.45) is 0 Å². The molecule has 0 unspecified atom stereocenters. The Balaban J connectivity index is 1.80. The predicted octanol–water partition coefficient (Wildman–Crippen LogP) is 3.45. The van der Waals surface area contributed by atoms with Crippen LogP contribution in [-0.2, 0) is 6.54 Å². The van der Waals surface area contributed by atoms with Gasteiger partial charge in [-0.2, -0.15) is 5.10 Å². The van der Waals surface area contributed by atoms with Crippen molar-refractivity contribution in [3.8, 4) is 0 Å². The molecule has 19 heavy (non-hydrogen) atoms. The van der Waals surface area contributed by atoms with Gasteiger partial charge >= 0.3 is 0 Å². The molecule has 3 rings (SSSR count). The summed E-state index contributed by atoms with van der Waals surface area (Å²) in [7, 11) is 0. The minimum atomic E-state index is -0.829. The molecule has 0 saturated carbocycles. The Bertz CT molecular complexity index is 722. The number of hydrogen-bond acceptors (Lipinski definition) is 2. The van der Waals surface area contributed by atoms with Crippen molar-refractivity contribution in [2.45, 2.75) is 6.54 Å². The summed E-state index contributed by atoms with van der Waals surface area (Å²) >= 11 is 0. The van der Waals surface area contributed by atoms with E-state index in [2.05, 4.69) is 15.5 Å². The van der Waals surface area contributed by atoms with E-state index in [1.165, 1.54) is 6.07 Å². The van der Waals surface area contributed by atoms with Gasteiger partial charge in [0.25, 0.3) is 0 Å². The van der Waals surface area contributed by atoms with Gasteiger partial charge in [0.05, 0.1) is 11.7 Å². The van der Waals surface area contributed by atoms with E-state index in [0.717, 1.165) is 22.7 Å². The Morgan fingerprint density at radius 3 is 2.95 bits per heavy atom. The van der Waals surface area contributed by atoms with Gasteiger partial charge in [-0.05, 0) is 24.3 Å². The monoisotopic (exact) mass is 259 g/mol. The molecule has 0 bridgehead atoms. The van der Waals surface area contributed by atoms with Crippen LogP contribution in [0, 0.1) is 11.6 Å². The van der Waals surface area contributed by atoms with Gasteiger partial charge in [-0.25, -0.2) is 8.78 Å². The minimum absolute atomic E-state index is 0.229. The van der Waals surface area contributed by atoms with Crippen LogP contribution in [0.1, 0.15) is 5.56 Å². The molecule has 1 heterocycles. The Morgan fingerprint density at radius 2 is 2.05 bits per heavy atom. The first-order valence-electron chi connectivity index (χ1n) is 5.84. The number of benzene rings is 2. The fourth-order valence-corrected chi connectivity index (χ4v) is 1.93. The van der Waals surface area contributed by atoms with E-state index in [-0.39, 0.29) is 6.54 Å². The van der Waals surface area contributed by atoms with E-state index >= 15 is 0 Å². The summed E-state index contributed by atoms with van der Waals surface area (Å²) in [6.07, 6.45) is 1.71. The molecule has 2 aromatic carbocycles. The van der Waals surface area contributed by atoms with Crippen molar-refractivity contribution in [3.63, 3.8) is 0 Å². The van der Waals surface area contributed by atoms with Gasteiger partial charge in [0.1, 0.15) is 0 Å². The summed E-state index contributed by atoms with van der Waals surface area (Å²) in [5.74, 6) is -1.64. The molecular weight excluding hydrogens is 248 g/mol. The first kappa shape index (κ1) is 11.6. The number of rotatable bonds is 3. The highest BCUT2D eigenvalue weighted by Crippen LogP contribution is 2.18. The number of halogens is 2. The highest BCUT2D eigenvalue weighted by molar-refractivity contribution is 5.81. The lowest BCUT2D eigenvalue weighted by atomic mass is 10.2. The highest BCUT2D eigenvalue weighted by atomic mass is 19.2. The third-order valence-corrected chi connectivity index (χ3v) is 2.95. The quantitative estimate of drug-likeness (QED) is 0.756. The maximum absolute atomic E-state index is 13.5. The summed E-state index contributed by atoms with van der Waals surface area (Å²) in [5.41, 5.74) is 2.06. The molecule has 5 heteroatoms. The van der Waals surface area contributed by atoms with Gasteiger partial charge in [-0.1, -0.05) is 12.1 Å². The van der Waals surface area contributed by atoms with Crippen molar-refractivity contribution in [3.05, 3.63) is 59.8 Å². The average Bonchev–Trinajstić information content (AvgIpc) is 2.88. The topological polar surface area (TPSA) is 40.7 Å². The normalized spacial score (nSPS) is 10.8. The van der Waals surface area contributed by atoms with Gasteiger partial charge < -0.3 is 5.32 Å². The SMILES string of the molecule is Fc1cccc(CNc2ccc3[nH]ncc3c2)c1F. The molecule has 1 aromatic heterocycles.